The molecule has 0 aliphatic carbocycles. The molecule has 7 heteroatoms. The van der Waals surface area contributed by atoms with Gasteiger partial charge in [-0.25, -0.2) is 4.98 Å². The zero-order chi connectivity index (χ0) is 13.9. The molecule has 0 fully saturated rings. The summed E-state index contributed by atoms with van der Waals surface area (Å²) < 4.78 is 1.92. The number of nitrogens with one attached hydrogen (secondary N) is 1. The first-order chi connectivity index (χ1) is 9.72. The number of hydrogen-bond acceptors (Lipinski definition) is 6. The van der Waals surface area contributed by atoms with Gasteiger partial charge in [-0.05, 0) is 25.5 Å². The fourth-order valence-electron chi connectivity index (χ4n) is 2.07. The zero-order valence-corrected chi connectivity index (χ0v) is 12.0. The lowest BCUT2D eigenvalue weighted by atomic mass is 10.3. The first-order valence-corrected chi connectivity index (χ1v) is 7.29. The topological polar surface area (TPSA) is 81.7 Å². The summed E-state index contributed by atoms with van der Waals surface area (Å²) in [5.41, 5.74) is 5.75. The molecular weight excluding hydrogens is 272 g/mol. The van der Waals surface area contributed by atoms with E-state index in [0.717, 1.165) is 35.5 Å². The molecule has 3 rings (SSSR count). The number of hydrogen-bond donors (Lipinski definition) is 2. The summed E-state index contributed by atoms with van der Waals surface area (Å²) >= 11 is 1.63. The predicted molar refractivity (Wildman–Crippen MR) is 81.9 cm³/mol. The van der Waals surface area contributed by atoms with Gasteiger partial charge < -0.3 is 11.1 Å². The van der Waals surface area contributed by atoms with Crippen molar-refractivity contribution >= 4 is 33.3 Å². The van der Waals surface area contributed by atoms with Crippen LogP contribution in [0.4, 0.5) is 11.8 Å². The minimum Gasteiger partial charge on any atom is -0.369 e. The molecule has 20 heavy (non-hydrogen) atoms. The second-order valence-electron chi connectivity index (χ2n) is 4.56. The first-order valence-electron chi connectivity index (χ1n) is 6.47. The number of thiophene rings is 1. The standard InChI is InChI=1S/C13H16N6S/c1-9-8-10-11(17-13(14)18-12(10)20-9)15-4-2-6-19-7-3-5-16-19/h3,5,7-8H,2,4,6H2,1H3,(H3,14,15,17,18). The van der Waals surface area contributed by atoms with E-state index in [1.54, 1.807) is 17.5 Å². The number of nitrogen functional groups attached to an aromatic ring is 1. The average Bonchev–Trinajstić information content (AvgIpc) is 3.02. The SMILES string of the molecule is Cc1cc2c(NCCCn3cccn3)nc(N)nc2s1. The molecule has 0 saturated carbocycles. The number of aryl methyl sites for hydroxylation is 2. The maximum absolute atomic E-state index is 5.75. The smallest absolute Gasteiger partial charge is 0.223 e. The third-order valence-corrected chi connectivity index (χ3v) is 3.89. The van der Waals surface area contributed by atoms with E-state index in [4.69, 9.17) is 5.73 Å². The van der Waals surface area contributed by atoms with Gasteiger partial charge in [-0.1, -0.05) is 0 Å². The highest BCUT2D eigenvalue weighted by molar-refractivity contribution is 7.18. The van der Waals surface area contributed by atoms with Gasteiger partial charge in [-0.15, -0.1) is 11.3 Å². The molecule has 0 spiro atoms. The van der Waals surface area contributed by atoms with Crippen LogP contribution in [0.5, 0.6) is 0 Å². The lowest BCUT2D eigenvalue weighted by Gasteiger charge is -2.07. The van der Waals surface area contributed by atoms with Gasteiger partial charge in [-0.2, -0.15) is 10.1 Å². The van der Waals surface area contributed by atoms with E-state index in [0.29, 0.717) is 5.95 Å². The van der Waals surface area contributed by atoms with Gasteiger partial charge in [0.15, 0.2) is 0 Å². The third kappa shape index (κ3) is 2.72. The van der Waals surface area contributed by atoms with Gasteiger partial charge in [0.2, 0.25) is 5.95 Å². The van der Waals surface area contributed by atoms with Crippen LogP contribution in [0.1, 0.15) is 11.3 Å². The highest BCUT2D eigenvalue weighted by Gasteiger charge is 2.08. The number of anilines is 2. The quantitative estimate of drug-likeness (QED) is 0.704. The van der Waals surface area contributed by atoms with E-state index in [9.17, 15) is 0 Å². The molecule has 0 aliphatic heterocycles. The molecule has 0 saturated heterocycles. The van der Waals surface area contributed by atoms with Crippen molar-refractivity contribution in [3.8, 4) is 0 Å². The monoisotopic (exact) mass is 288 g/mol. The molecule has 0 unspecified atom stereocenters. The van der Waals surface area contributed by atoms with E-state index in [1.807, 2.05) is 16.9 Å². The zero-order valence-electron chi connectivity index (χ0n) is 11.2. The Balaban J connectivity index is 1.67. The predicted octanol–water partition coefficient (Wildman–Crippen LogP) is 2.28. The second kappa shape index (κ2) is 5.46. The van der Waals surface area contributed by atoms with E-state index >= 15 is 0 Å². The molecule has 3 aromatic rings. The number of rotatable bonds is 5. The van der Waals surface area contributed by atoms with Crippen molar-refractivity contribution in [1.29, 1.82) is 0 Å². The van der Waals surface area contributed by atoms with Gasteiger partial charge in [0.25, 0.3) is 0 Å². The molecule has 3 N–H and O–H groups in total. The van der Waals surface area contributed by atoms with Crippen molar-refractivity contribution in [2.45, 2.75) is 19.9 Å². The maximum Gasteiger partial charge on any atom is 0.223 e. The van der Waals surface area contributed by atoms with Crippen LogP contribution < -0.4 is 11.1 Å². The van der Waals surface area contributed by atoms with Crippen molar-refractivity contribution in [1.82, 2.24) is 19.7 Å². The van der Waals surface area contributed by atoms with Gasteiger partial charge in [-0.3, -0.25) is 4.68 Å². The summed E-state index contributed by atoms with van der Waals surface area (Å²) in [5.74, 6) is 1.13. The molecule has 0 amide bonds. The van der Waals surface area contributed by atoms with Crippen LogP contribution in [-0.4, -0.2) is 26.3 Å². The minimum atomic E-state index is 0.314. The van der Waals surface area contributed by atoms with Crippen LogP contribution in [0.15, 0.2) is 24.5 Å². The van der Waals surface area contributed by atoms with Crippen LogP contribution in [0.25, 0.3) is 10.2 Å². The molecule has 0 aliphatic rings. The molecule has 0 radical (unpaired) electrons. The Labute approximate surface area is 120 Å². The Hall–Kier alpha value is -2.15. The van der Waals surface area contributed by atoms with Gasteiger partial charge in [0, 0.05) is 30.4 Å². The van der Waals surface area contributed by atoms with Crippen LogP contribution in [0.3, 0.4) is 0 Å². The van der Waals surface area contributed by atoms with Crippen molar-refractivity contribution in [3.63, 3.8) is 0 Å². The Morgan fingerprint density at radius 1 is 1.40 bits per heavy atom. The lowest BCUT2D eigenvalue weighted by molar-refractivity contribution is 0.591. The van der Waals surface area contributed by atoms with E-state index < -0.39 is 0 Å². The fourth-order valence-corrected chi connectivity index (χ4v) is 2.96. The largest absolute Gasteiger partial charge is 0.369 e. The molecule has 3 aromatic heterocycles. The van der Waals surface area contributed by atoms with E-state index in [2.05, 4.69) is 33.4 Å². The van der Waals surface area contributed by atoms with Gasteiger partial charge >= 0.3 is 0 Å². The molecule has 0 aromatic carbocycles. The Morgan fingerprint density at radius 3 is 3.10 bits per heavy atom. The van der Waals surface area contributed by atoms with Crippen molar-refractivity contribution < 1.29 is 0 Å². The highest BCUT2D eigenvalue weighted by atomic mass is 32.1. The van der Waals surface area contributed by atoms with Crippen LogP contribution in [0, 0.1) is 6.92 Å². The Morgan fingerprint density at radius 2 is 2.30 bits per heavy atom. The number of fused-ring (bicyclic) bond motifs is 1. The lowest BCUT2D eigenvalue weighted by Crippen LogP contribution is -2.09. The minimum absolute atomic E-state index is 0.314. The summed E-state index contributed by atoms with van der Waals surface area (Å²) in [4.78, 5) is 10.7. The average molecular weight is 288 g/mol. The van der Waals surface area contributed by atoms with Crippen LogP contribution in [-0.2, 0) is 6.54 Å². The summed E-state index contributed by atoms with van der Waals surface area (Å²) in [6, 6.07) is 4.02. The second-order valence-corrected chi connectivity index (χ2v) is 5.79. The van der Waals surface area contributed by atoms with Gasteiger partial charge in [0.05, 0.1) is 5.39 Å². The molecular formula is C13H16N6S. The third-order valence-electron chi connectivity index (χ3n) is 2.95. The Kier molecular flexibility index (Phi) is 3.51. The molecule has 3 heterocycles. The van der Waals surface area contributed by atoms with E-state index in [-0.39, 0.29) is 0 Å². The van der Waals surface area contributed by atoms with Crippen molar-refractivity contribution in [2.75, 3.05) is 17.6 Å². The summed E-state index contributed by atoms with van der Waals surface area (Å²) in [5, 5.41) is 8.55. The van der Waals surface area contributed by atoms with Gasteiger partial charge in [0.1, 0.15) is 10.6 Å². The molecule has 6 nitrogen and oxygen atoms in total. The number of nitrogens with zero attached hydrogens (tertiary/aromatic N) is 4. The molecule has 0 bridgehead atoms. The van der Waals surface area contributed by atoms with Crippen LogP contribution >= 0.6 is 11.3 Å². The summed E-state index contributed by atoms with van der Waals surface area (Å²) in [7, 11) is 0. The number of nitrogens with two attached hydrogens (primary N) is 1. The van der Waals surface area contributed by atoms with Crippen molar-refractivity contribution in [2.24, 2.45) is 0 Å². The Bertz CT molecular complexity index is 703. The fraction of sp³-hybridized carbons (Fsp3) is 0.308. The normalized spacial score (nSPS) is 11.1. The maximum atomic E-state index is 5.75. The highest BCUT2D eigenvalue weighted by Crippen LogP contribution is 2.28. The van der Waals surface area contributed by atoms with E-state index in [1.165, 1.54) is 4.88 Å². The molecule has 0 atom stereocenters. The van der Waals surface area contributed by atoms with Crippen molar-refractivity contribution in [3.05, 3.63) is 29.4 Å². The van der Waals surface area contributed by atoms with Crippen LogP contribution in [0.2, 0.25) is 0 Å². The number of aromatic nitrogens is 4. The molecule has 104 valence electrons. The summed E-state index contributed by atoms with van der Waals surface area (Å²) in [6.07, 6.45) is 4.72. The first kappa shape index (κ1) is 12.9. The summed E-state index contributed by atoms with van der Waals surface area (Å²) in [6.45, 7) is 3.76.